The standard InChI is InChI=1S/C20H20N4O4S/c1-26-16-6-3-2-5-15(16)24-13-21-23-20(24)29-12-19(25)22-14-7-8-17-18(11-14)28-10-4-9-27-17/h2-3,5-8,11,13H,4,9-10,12H2,1H3,(H,22,25). The summed E-state index contributed by atoms with van der Waals surface area (Å²) < 4.78 is 18.5. The van der Waals surface area contributed by atoms with E-state index in [9.17, 15) is 4.79 Å². The van der Waals surface area contributed by atoms with Crippen molar-refractivity contribution in [2.24, 2.45) is 0 Å². The van der Waals surface area contributed by atoms with Crippen molar-refractivity contribution in [3.05, 3.63) is 48.8 Å². The van der Waals surface area contributed by atoms with E-state index in [4.69, 9.17) is 14.2 Å². The molecule has 2 aromatic carbocycles. The number of thioether (sulfide) groups is 1. The van der Waals surface area contributed by atoms with Gasteiger partial charge in [-0.15, -0.1) is 10.2 Å². The van der Waals surface area contributed by atoms with Gasteiger partial charge in [0.15, 0.2) is 16.7 Å². The molecular formula is C20H20N4O4S. The summed E-state index contributed by atoms with van der Waals surface area (Å²) in [5, 5.41) is 11.6. The first kappa shape index (κ1) is 19.1. The quantitative estimate of drug-likeness (QED) is 0.622. The minimum atomic E-state index is -0.154. The number of anilines is 1. The third-order valence-electron chi connectivity index (χ3n) is 4.22. The molecule has 1 amide bonds. The average molecular weight is 412 g/mol. The van der Waals surface area contributed by atoms with Gasteiger partial charge in [-0.25, -0.2) is 0 Å². The largest absolute Gasteiger partial charge is 0.495 e. The summed E-state index contributed by atoms with van der Waals surface area (Å²) >= 11 is 1.29. The lowest BCUT2D eigenvalue weighted by Crippen LogP contribution is -2.14. The Bertz CT molecular complexity index is 1010. The molecule has 29 heavy (non-hydrogen) atoms. The molecule has 1 aromatic heterocycles. The lowest BCUT2D eigenvalue weighted by molar-refractivity contribution is -0.113. The van der Waals surface area contributed by atoms with E-state index in [0.717, 1.165) is 12.1 Å². The van der Waals surface area contributed by atoms with Crippen LogP contribution in [0.4, 0.5) is 5.69 Å². The number of nitrogens with zero attached hydrogens (tertiary/aromatic N) is 3. The van der Waals surface area contributed by atoms with Crippen molar-refractivity contribution in [2.45, 2.75) is 11.6 Å². The van der Waals surface area contributed by atoms with E-state index in [2.05, 4.69) is 15.5 Å². The fourth-order valence-electron chi connectivity index (χ4n) is 2.89. The van der Waals surface area contributed by atoms with Crippen molar-refractivity contribution in [3.63, 3.8) is 0 Å². The van der Waals surface area contributed by atoms with Gasteiger partial charge in [0.1, 0.15) is 12.1 Å². The van der Waals surface area contributed by atoms with Gasteiger partial charge in [0.2, 0.25) is 5.91 Å². The number of nitrogens with one attached hydrogen (secondary N) is 1. The van der Waals surface area contributed by atoms with E-state index in [1.165, 1.54) is 11.8 Å². The molecule has 0 bridgehead atoms. The summed E-state index contributed by atoms with van der Waals surface area (Å²) in [5.74, 6) is 2.07. The van der Waals surface area contributed by atoms with Gasteiger partial charge in [0.25, 0.3) is 0 Å². The van der Waals surface area contributed by atoms with E-state index < -0.39 is 0 Å². The Morgan fingerprint density at radius 2 is 2.03 bits per heavy atom. The van der Waals surface area contributed by atoms with Crippen molar-refractivity contribution < 1.29 is 19.0 Å². The number of benzene rings is 2. The molecule has 0 spiro atoms. The van der Waals surface area contributed by atoms with Gasteiger partial charge in [0, 0.05) is 18.2 Å². The van der Waals surface area contributed by atoms with Crippen molar-refractivity contribution >= 4 is 23.4 Å². The molecule has 0 atom stereocenters. The van der Waals surface area contributed by atoms with E-state index in [0.29, 0.717) is 41.3 Å². The molecule has 2 heterocycles. The third kappa shape index (κ3) is 4.45. The van der Waals surface area contributed by atoms with Crippen LogP contribution in [0.5, 0.6) is 17.2 Å². The van der Waals surface area contributed by atoms with Crippen LogP contribution in [-0.4, -0.2) is 46.7 Å². The molecule has 0 aliphatic carbocycles. The topological polar surface area (TPSA) is 87.5 Å². The second-order valence-corrected chi connectivity index (χ2v) is 7.15. The first-order valence-electron chi connectivity index (χ1n) is 9.10. The Hall–Kier alpha value is -3.20. The molecule has 4 rings (SSSR count). The summed E-state index contributed by atoms with van der Waals surface area (Å²) in [6.07, 6.45) is 2.43. The SMILES string of the molecule is COc1ccccc1-n1cnnc1SCC(=O)Nc1ccc2c(c1)OCCCO2. The Morgan fingerprint density at radius 3 is 2.90 bits per heavy atom. The zero-order chi connectivity index (χ0) is 20.1. The minimum absolute atomic E-state index is 0.154. The molecule has 0 saturated carbocycles. The second-order valence-electron chi connectivity index (χ2n) is 6.20. The number of carbonyl (C=O) groups is 1. The fraction of sp³-hybridized carbons (Fsp3) is 0.250. The van der Waals surface area contributed by atoms with E-state index >= 15 is 0 Å². The van der Waals surface area contributed by atoms with Crippen molar-refractivity contribution in [2.75, 3.05) is 31.4 Å². The first-order chi connectivity index (χ1) is 14.2. The fourth-order valence-corrected chi connectivity index (χ4v) is 3.61. The van der Waals surface area contributed by atoms with Gasteiger partial charge in [-0.05, 0) is 24.3 Å². The van der Waals surface area contributed by atoms with Crippen molar-refractivity contribution in [3.8, 4) is 22.9 Å². The first-order valence-corrected chi connectivity index (χ1v) is 10.1. The highest BCUT2D eigenvalue weighted by Gasteiger charge is 2.15. The number of aromatic nitrogens is 3. The summed E-state index contributed by atoms with van der Waals surface area (Å²) in [6, 6.07) is 13.0. The van der Waals surface area contributed by atoms with Gasteiger partial charge in [0.05, 0.1) is 31.8 Å². The van der Waals surface area contributed by atoms with Crippen LogP contribution < -0.4 is 19.5 Å². The van der Waals surface area contributed by atoms with Gasteiger partial charge < -0.3 is 19.5 Å². The van der Waals surface area contributed by atoms with Crippen molar-refractivity contribution in [1.29, 1.82) is 0 Å². The predicted molar refractivity (Wildman–Crippen MR) is 109 cm³/mol. The van der Waals surface area contributed by atoms with Crippen LogP contribution in [-0.2, 0) is 4.79 Å². The Morgan fingerprint density at radius 1 is 1.21 bits per heavy atom. The van der Waals surface area contributed by atoms with Crippen LogP contribution in [0.25, 0.3) is 5.69 Å². The number of amides is 1. The van der Waals surface area contributed by atoms with Gasteiger partial charge in [-0.1, -0.05) is 23.9 Å². The molecule has 0 fully saturated rings. The molecule has 0 unspecified atom stereocenters. The molecule has 0 saturated heterocycles. The van der Waals surface area contributed by atoms with E-state index in [1.807, 2.05) is 30.3 Å². The van der Waals surface area contributed by atoms with Gasteiger partial charge in [-0.3, -0.25) is 9.36 Å². The number of hydrogen-bond donors (Lipinski definition) is 1. The van der Waals surface area contributed by atoms with E-state index in [1.54, 1.807) is 30.1 Å². The lowest BCUT2D eigenvalue weighted by atomic mass is 10.2. The van der Waals surface area contributed by atoms with Gasteiger partial charge >= 0.3 is 0 Å². The number of para-hydroxylation sites is 2. The normalized spacial score (nSPS) is 12.9. The lowest BCUT2D eigenvalue weighted by Gasteiger charge is -2.11. The maximum atomic E-state index is 12.4. The minimum Gasteiger partial charge on any atom is -0.495 e. The number of carbonyl (C=O) groups excluding carboxylic acids is 1. The summed E-state index contributed by atoms with van der Waals surface area (Å²) in [4.78, 5) is 12.4. The maximum absolute atomic E-state index is 12.4. The molecule has 1 aliphatic heterocycles. The number of methoxy groups -OCH3 is 1. The monoisotopic (exact) mass is 412 g/mol. The summed E-state index contributed by atoms with van der Waals surface area (Å²) in [7, 11) is 1.61. The van der Waals surface area contributed by atoms with Crippen LogP contribution in [0, 0.1) is 0 Å². The molecule has 3 aromatic rings. The van der Waals surface area contributed by atoms with Crippen LogP contribution in [0.3, 0.4) is 0 Å². The summed E-state index contributed by atoms with van der Waals surface area (Å²) in [6.45, 7) is 1.22. The Balaban J connectivity index is 1.41. The summed E-state index contributed by atoms with van der Waals surface area (Å²) in [5.41, 5.74) is 1.47. The molecule has 1 N–H and O–H groups in total. The van der Waals surface area contributed by atoms with Crippen LogP contribution in [0.2, 0.25) is 0 Å². The zero-order valence-electron chi connectivity index (χ0n) is 15.8. The van der Waals surface area contributed by atoms with Gasteiger partial charge in [-0.2, -0.15) is 0 Å². The highest BCUT2D eigenvalue weighted by Crippen LogP contribution is 2.32. The van der Waals surface area contributed by atoms with Crippen LogP contribution >= 0.6 is 11.8 Å². The molecule has 150 valence electrons. The highest BCUT2D eigenvalue weighted by molar-refractivity contribution is 7.99. The Labute approximate surface area is 172 Å². The highest BCUT2D eigenvalue weighted by atomic mass is 32.2. The molecular weight excluding hydrogens is 392 g/mol. The number of fused-ring (bicyclic) bond motifs is 1. The zero-order valence-corrected chi connectivity index (χ0v) is 16.6. The van der Waals surface area contributed by atoms with Crippen LogP contribution in [0.1, 0.15) is 6.42 Å². The van der Waals surface area contributed by atoms with E-state index in [-0.39, 0.29) is 11.7 Å². The maximum Gasteiger partial charge on any atom is 0.234 e. The molecule has 0 radical (unpaired) electrons. The number of ether oxygens (including phenoxy) is 3. The smallest absolute Gasteiger partial charge is 0.234 e. The third-order valence-corrected chi connectivity index (χ3v) is 5.17. The van der Waals surface area contributed by atoms with Crippen LogP contribution in [0.15, 0.2) is 53.9 Å². The second kappa shape index (κ2) is 8.87. The average Bonchev–Trinajstić information content (AvgIpc) is 3.09. The molecule has 8 nitrogen and oxygen atoms in total. The van der Waals surface area contributed by atoms with Crippen molar-refractivity contribution in [1.82, 2.24) is 14.8 Å². The Kier molecular flexibility index (Phi) is 5.85. The predicted octanol–water partition coefficient (Wildman–Crippen LogP) is 3.17. The number of rotatable bonds is 6. The molecule has 9 heteroatoms. The number of hydrogen-bond acceptors (Lipinski definition) is 7. The molecule has 1 aliphatic rings.